The molecule has 0 saturated heterocycles. The van der Waals surface area contributed by atoms with Gasteiger partial charge in [-0.15, -0.1) is 0 Å². The molecule has 0 aliphatic heterocycles. The standard InChI is InChI=1S/C7H8.C3H6O2.C2H6O.CH4O/c1-7-5-3-2-4-6-7;1-3(4)5-2;1-3-2;1-2/h2-6H,1H3;1-2H3;1-2H3;2H,1H3. The van der Waals surface area contributed by atoms with Crippen LogP contribution in [-0.4, -0.2) is 39.5 Å². The molecule has 0 aliphatic rings. The van der Waals surface area contributed by atoms with Crippen molar-refractivity contribution in [3.63, 3.8) is 0 Å². The maximum Gasteiger partial charge on any atom is 0.302 e. The molecule has 0 spiro atoms. The zero-order chi connectivity index (χ0) is 14.1. The summed E-state index contributed by atoms with van der Waals surface area (Å²) in [6, 6.07) is 10.3. The Bertz CT molecular complexity index is 234. The molecule has 0 atom stereocenters. The molecule has 4 heteroatoms. The summed E-state index contributed by atoms with van der Waals surface area (Å²) < 4.78 is 8.36. The van der Waals surface area contributed by atoms with E-state index in [0.717, 1.165) is 7.11 Å². The highest BCUT2D eigenvalue weighted by atomic mass is 16.5. The summed E-state index contributed by atoms with van der Waals surface area (Å²) in [6.07, 6.45) is 0. The summed E-state index contributed by atoms with van der Waals surface area (Å²) in [5.41, 5.74) is 1.32. The van der Waals surface area contributed by atoms with E-state index < -0.39 is 0 Å². The van der Waals surface area contributed by atoms with E-state index in [1.165, 1.54) is 19.6 Å². The molecule has 0 fully saturated rings. The van der Waals surface area contributed by atoms with Gasteiger partial charge in [0.2, 0.25) is 0 Å². The van der Waals surface area contributed by atoms with Gasteiger partial charge in [-0.25, -0.2) is 0 Å². The molecule has 0 bridgehead atoms. The molecular weight excluding hydrogens is 220 g/mol. The lowest BCUT2D eigenvalue weighted by Gasteiger charge is -1.82. The van der Waals surface area contributed by atoms with Gasteiger partial charge in [-0.1, -0.05) is 35.9 Å². The minimum Gasteiger partial charge on any atom is -0.469 e. The Morgan fingerprint density at radius 1 is 1.06 bits per heavy atom. The number of carbonyl (C=O) groups is 1. The number of carbonyl (C=O) groups excluding carboxylic acids is 1. The molecule has 0 aliphatic carbocycles. The van der Waals surface area contributed by atoms with Crippen molar-refractivity contribution in [3.8, 4) is 0 Å². The molecule has 1 aromatic rings. The van der Waals surface area contributed by atoms with Crippen molar-refractivity contribution in [2.45, 2.75) is 13.8 Å². The number of ether oxygens (including phenoxy) is 2. The topological polar surface area (TPSA) is 55.8 Å². The van der Waals surface area contributed by atoms with Crippen molar-refractivity contribution in [1.82, 2.24) is 0 Å². The molecule has 0 heterocycles. The number of aliphatic hydroxyl groups is 1. The summed E-state index contributed by atoms with van der Waals surface area (Å²) in [5, 5.41) is 7.00. The smallest absolute Gasteiger partial charge is 0.302 e. The van der Waals surface area contributed by atoms with Crippen LogP contribution in [0.25, 0.3) is 0 Å². The summed E-state index contributed by atoms with van der Waals surface area (Å²) in [6.45, 7) is 3.44. The van der Waals surface area contributed by atoms with Gasteiger partial charge in [0, 0.05) is 28.3 Å². The number of methoxy groups -OCH3 is 2. The Morgan fingerprint density at radius 2 is 1.35 bits per heavy atom. The van der Waals surface area contributed by atoms with E-state index in [2.05, 4.69) is 28.5 Å². The van der Waals surface area contributed by atoms with E-state index in [9.17, 15) is 4.79 Å². The number of aryl methyl sites for hydroxylation is 1. The lowest BCUT2D eigenvalue weighted by molar-refractivity contribution is -0.137. The minimum atomic E-state index is -0.245. The van der Waals surface area contributed by atoms with Gasteiger partial charge in [0.1, 0.15) is 0 Å². The van der Waals surface area contributed by atoms with Crippen molar-refractivity contribution in [3.05, 3.63) is 35.9 Å². The van der Waals surface area contributed by atoms with Crippen molar-refractivity contribution in [2.24, 2.45) is 0 Å². The zero-order valence-electron chi connectivity index (χ0n) is 11.6. The second kappa shape index (κ2) is 20.1. The SMILES string of the molecule is CO.COC.COC(C)=O.Cc1ccccc1. The summed E-state index contributed by atoms with van der Waals surface area (Å²) in [4.78, 5) is 9.59. The Balaban J connectivity index is -0.000000174. The Hall–Kier alpha value is -1.39. The summed E-state index contributed by atoms with van der Waals surface area (Å²) >= 11 is 0. The van der Waals surface area contributed by atoms with Crippen LogP contribution < -0.4 is 0 Å². The van der Waals surface area contributed by atoms with Gasteiger partial charge in [0.25, 0.3) is 0 Å². The van der Waals surface area contributed by atoms with Crippen LogP contribution >= 0.6 is 0 Å². The second-order valence-electron chi connectivity index (χ2n) is 2.76. The van der Waals surface area contributed by atoms with E-state index in [1.807, 2.05) is 18.2 Å². The van der Waals surface area contributed by atoms with Crippen molar-refractivity contribution in [1.29, 1.82) is 0 Å². The fraction of sp³-hybridized carbons (Fsp3) is 0.462. The third-order valence-electron chi connectivity index (χ3n) is 1.23. The highest BCUT2D eigenvalue weighted by molar-refractivity contribution is 5.65. The molecule has 1 N–H and O–H groups in total. The lowest BCUT2D eigenvalue weighted by Crippen LogP contribution is -1.88. The van der Waals surface area contributed by atoms with E-state index >= 15 is 0 Å². The first-order chi connectivity index (χ1) is 8.08. The van der Waals surface area contributed by atoms with Crippen LogP contribution in [0.1, 0.15) is 12.5 Å². The molecule has 1 aromatic carbocycles. The fourth-order valence-corrected chi connectivity index (χ4v) is 0.534. The van der Waals surface area contributed by atoms with Crippen LogP contribution in [0.2, 0.25) is 0 Å². The molecule has 1 rings (SSSR count). The van der Waals surface area contributed by atoms with Gasteiger partial charge in [-0.3, -0.25) is 4.79 Å². The highest BCUT2D eigenvalue weighted by Gasteiger charge is 1.75. The molecule has 100 valence electrons. The van der Waals surface area contributed by atoms with Crippen LogP contribution in [0.5, 0.6) is 0 Å². The molecular formula is C13H24O4. The number of benzene rings is 1. The summed E-state index contributed by atoms with van der Waals surface area (Å²) in [5.74, 6) is -0.245. The van der Waals surface area contributed by atoms with Crippen molar-refractivity contribution < 1.29 is 19.4 Å². The minimum absolute atomic E-state index is 0.245. The molecule has 0 amide bonds. The number of rotatable bonds is 0. The number of hydrogen-bond acceptors (Lipinski definition) is 4. The largest absolute Gasteiger partial charge is 0.469 e. The lowest BCUT2D eigenvalue weighted by atomic mass is 10.2. The molecule has 0 unspecified atom stereocenters. The Morgan fingerprint density at radius 3 is 1.47 bits per heavy atom. The third-order valence-corrected chi connectivity index (χ3v) is 1.23. The Kier molecular flexibility index (Phi) is 24.7. The van der Waals surface area contributed by atoms with Crippen LogP contribution in [0.15, 0.2) is 30.3 Å². The molecule has 17 heavy (non-hydrogen) atoms. The fourth-order valence-electron chi connectivity index (χ4n) is 0.534. The molecule has 0 saturated carbocycles. The van der Waals surface area contributed by atoms with Crippen molar-refractivity contribution >= 4 is 5.97 Å². The van der Waals surface area contributed by atoms with Gasteiger partial charge in [-0.05, 0) is 6.92 Å². The zero-order valence-corrected chi connectivity index (χ0v) is 11.6. The second-order valence-corrected chi connectivity index (χ2v) is 2.76. The quantitative estimate of drug-likeness (QED) is 0.710. The van der Waals surface area contributed by atoms with Crippen LogP contribution in [0, 0.1) is 6.92 Å². The highest BCUT2D eigenvalue weighted by Crippen LogP contribution is 1.92. The Labute approximate surface area is 104 Å². The van der Waals surface area contributed by atoms with Crippen LogP contribution in [0.3, 0.4) is 0 Å². The maximum absolute atomic E-state index is 9.59. The summed E-state index contributed by atoms with van der Waals surface area (Å²) in [7, 11) is 5.60. The van der Waals surface area contributed by atoms with E-state index in [1.54, 1.807) is 14.2 Å². The van der Waals surface area contributed by atoms with Gasteiger partial charge < -0.3 is 14.6 Å². The van der Waals surface area contributed by atoms with Gasteiger partial charge >= 0.3 is 5.97 Å². The third kappa shape index (κ3) is 31.3. The number of aliphatic hydroxyl groups excluding tert-OH is 1. The van der Waals surface area contributed by atoms with Crippen LogP contribution in [0.4, 0.5) is 0 Å². The average molecular weight is 244 g/mol. The van der Waals surface area contributed by atoms with Crippen LogP contribution in [-0.2, 0) is 14.3 Å². The van der Waals surface area contributed by atoms with Crippen molar-refractivity contribution in [2.75, 3.05) is 28.4 Å². The average Bonchev–Trinajstić information content (AvgIpc) is 2.34. The maximum atomic E-state index is 9.59. The first-order valence-electron chi connectivity index (χ1n) is 4.99. The monoisotopic (exact) mass is 244 g/mol. The van der Waals surface area contributed by atoms with E-state index in [-0.39, 0.29) is 5.97 Å². The molecule has 0 radical (unpaired) electrons. The first kappa shape index (κ1) is 21.0. The molecule has 4 nitrogen and oxygen atoms in total. The van der Waals surface area contributed by atoms with Gasteiger partial charge in [-0.2, -0.15) is 0 Å². The van der Waals surface area contributed by atoms with E-state index in [0.29, 0.717) is 0 Å². The molecule has 0 aromatic heterocycles. The van der Waals surface area contributed by atoms with Gasteiger partial charge in [0.15, 0.2) is 0 Å². The predicted octanol–water partition coefficient (Wildman–Crippen LogP) is 2.05. The van der Waals surface area contributed by atoms with E-state index in [4.69, 9.17) is 5.11 Å². The predicted molar refractivity (Wildman–Crippen MR) is 69.9 cm³/mol. The normalized spacial score (nSPS) is 7.00. The number of esters is 1. The first-order valence-corrected chi connectivity index (χ1v) is 4.99. The number of hydrogen-bond donors (Lipinski definition) is 1. The van der Waals surface area contributed by atoms with Gasteiger partial charge in [0.05, 0.1) is 7.11 Å².